The first kappa shape index (κ1) is 19.3. The molecule has 2 atom stereocenters. The molecule has 1 unspecified atom stereocenters. The summed E-state index contributed by atoms with van der Waals surface area (Å²) in [6.07, 6.45) is 1.05. The predicted molar refractivity (Wildman–Crippen MR) is 109 cm³/mol. The van der Waals surface area contributed by atoms with Gasteiger partial charge in [0.25, 0.3) is 0 Å². The Morgan fingerprint density at radius 1 is 1.10 bits per heavy atom. The monoisotopic (exact) mass is 425 g/mol. The highest BCUT2D eigenvalue weighted by Gasteiger charge is 2.37. The number of rotatable bonds is 2. The largest absolute Gasteiger partial charge is 0.416 e. The topological polar surface area (TPSA) is 78.2 Å². The van der Waals surface area contributed by atoms with Gasteiger partial charge in [0.05, 0.1) is 29.9 Å². The van der Waals surface area contributed by atoms with Crippen LogP contribution in [0.5, 0.6) is 0 Å². The molecule has 0 bridgehead atoms. The molecule has 2 N–H and O–H groups in total. The second kappa shape index (κ2) is 6.69. The summed E-state index contributed by atoms with van der Waals surface area (Å²) in [6.45, 7) is 1.95. The second-order valence-corrected chi connectivity index (χ2v) is 7.80. The van der Waals surface area contributed by atoms with Crippen molar-refractivity contribution in [2.45, 2.75) is 31.5 Å². The SMILES string of the molecule is C[C@H]1CC(c2ccc(C(F)(F)F)cc2)C(=O)c2c(-c3ccc4ncc(N)n4c3)cnn21. The zero-order valence-electron chi connectivity index (χ0n) is 16.5. The molecule has 0 saturated carbocycles. The van der Waals surface area contributed by atoms with Crippen LogP contribution in [-0.2, 0) is 6.18 Å². The lowest BCUT2D eigenvalue weighted by atomic mass is 9.83. The number of ketones is 1. The van der Waals surface area contributed by atoms with Gasteiger partial charge in [-0.25, -0.2) is 4.98 Å². The van der Waals surface area contributed by atoms with Crippen molar-refractivity contribution in [1.29, 1.82) is 0 Å². The van der Waals surface area contributed by atoms with Gasteiger partial charge in [-0.15, -0.1) is 0 Å². The van der Waals surface area contributed by atoms with E-state index in [2.05, 4.69) is 10.1 Å². The summed E-state index contributed by atoms with van der Waals surface area (Å²) in [7, 11) is 0. The molecule has 4 heterocycles. The van der Waals surface area contributed by atoms with Gasteiger partial charge < -0.3 is 5.73 Å². The van der Waals surface area contributed by atoms with Crippen LogP contribution in [0.1, 0.15) is 46.9 Å². The molecule has 0 spiro atoms. The number of carbonyl (C=O) groups is 1. The van der Waals surface area contributed by atoms with Crippen LogP contribution in [0, 0.1) is 0 Å². The van der Waals surface area contributed by atoms with Gasteiger partial charge in [-0.3, -0.25) is 13.9 Å². The van der Waals surface area contributed by atoms with Gasteiger partial charge >= 0.3 is 6.18 Å². The number of nitrogens with zero attached hydrogens (tertiary/aromatic N) is 4. The van der Waals surface area contributed by atoms with Crippen molar-refractivity contribution in [2.24, 2.45) is 0 Å². The summed E-state index contributed by atoms with van der Waals surface area (Å²) in [4.78, 5) is 17.7. The first-order valence-corrected chi connectivity index (χ1v) is 9.76. The highest BCUT2D eigenvalue weighted by atomic mass is 19.4. The van der Waals surface area contributed by atoms with Crippen LogP contribution in [-0.4, -0.2) is 24.9 Å². The maximum absolute atomic E-state index is 13.5. The van der Waals surface area contributed by atoms with E-state index in [-0.39, 0.29) is 11.8 Å². The number of imidazole rings is 1. The fraction of sp³-hybridized carbons (Fsp3) is 0.227. The molecule has 1 aromatic carbocycles. The van der Waals surface area contributed by atoms with Gasteiger partial charge in [-0.2, -0.15) is 18.3 Å². The van der Waals surface area contributed by atoms with Crippen LogP contribution in [0.4, 0.5) is 19.0 Å². The number of pyridine rings is 1. The highest BCUT2D eigenvalue weighted by molar-refractivity contribution is 6.05. The van der Waals surface area contributed by atoms with Crippen molar-refractivity contribution < 1.29 is 18.0 Å². The molecule has 3 aromatic heterocycles. The maximum atomic E-state index is 13.5. The molecule has 0 amide bonds. The number of halogens is 3. The molecule has 0 saturated heterocycles. The van der Waals surface area contributed by atoms with E-state index in [1.54, 1.807) is 33.7 Å². The van der Waals surface area contributed by atoms with Crippen LogP contribution >= 0.6 is 0 Å². The van der Waals surface area contributed by atoms with E-state index < -0.39 is 17.7 Å². The Bertz CT molecular complexity index is 1300. The first-order chi connectivity index (χ1) is 14.7. The number of nitrogen functional groups attached to an aromatic ring is 1. The van der Waals surface area contributed by atoms with Crippen LogP contribution in [0.15, 0.2) is 55.0 Å². The van der Waals surface area contributed by atoms with Crippen LogP contribution in [0.25, 0.3) is 16.8 Å². The average molecular weight is 425 g/mol. The molecule has 31 heavy (non-hydrogen) atoms. The van der Waals surface area contributed by atoms with E-state index in [0.29, 0.717) is 34.7 Å². The fourth-order valence-electron chi connectivity index (χ4n) is 4.22. The zero-order valence-corrected chi connectivity index (χ0v) is 16.5. The van der Waals surface area contributed by atoms with Crippen LogP contribution < -0.4 is 5.73 Å². The fourth-order valence-corrected chi connectivity index (χ4v) is 4.22. The van der Waals surface area contributed by atoms with Crippen LogP contribution in [0.2, 0.25) is 0 Å². The van der Waals surface area contributed by atoms with E-state index in [9.17, 15) is 18.0 Å². The Kier molecular flexibility index (Phi) is 4.18. The van der Waals surface area contributed by atoms with Gasteiger partial charge in [0.1, 0.15) is 17.2 Å². The number of anilines is 1. The predicted octanol–water partition coefficient (Wildman–Crippen LogP) is 4.73. The summed E-state index contributed by atoms with van der Waals surface area (Å²) in [5.41, 5.74) is 8.34. The number of fused-ring (bicyclic) bond motifs is 2. The lowest BCUT2D eigenvalue weighted by Gasteiger charge is -2.28. The molecule has 0 radical (unpaired) electrons. The molecule has 1 aliphatic rings. The van der Waals surface area contributed by atoms with E-state index in [1.807, 2.05) is 13.0 Å². The molecule has 1 aliphatic heterocycles. The Morgan fingerprint density at radius 2 is 1.84 bits per heavy atom. The molecular formula is C22H18F3N5O. The molecule has 0 aliphatic carbocycles. The van der Waals surface area contributed by atoms with Gasteiger partial charge in [-0.05, 0) is 43.2 Å². The normalized spacial score (nSPS) is 19.0. The summed E-state index contributed by atoms with van der Waals surface area (Å²) in [5.74, 6) is -0.230. The third kappa shape index (κ3) is 3.08. The number of nitrogens with two attached hydrogens (primary N) is 1. The first-order valence-electron chi connectivity index (χ1n) is 9.76. The summed E-state index contributed by atoms with van der Waals surface area (Å²) in [6, 6.07) is 8.39. The lowest BCUT2D eigenvalue weighted by Crippen LogP contribution is -2.28. The van der Waals surface area contributed by atoms with Crippen molar-refractivity contribution in [2.75, 3.05) is 5.73 Å². The van der Waals surface area contributed by atoms with Crippen molar-refractivity contribution in [1.82, 2.24) is 19.2 Å². The zero-order chi connectivity index (χ0) is 21.9. The smallest absolute Gasteiger partial charge is 0.383 e. The Labute approximate surface area is 175 Å². The average Bonchev–Trinajstić information content (AvgIpc) is 3.35. The number of Topliss-reactive ketones (excluding diaryl/α,β-unsaturated/α-hetero) is 1. The minimum atomic E-state index is -4.41. The van der Waals surface area contributed by atoms with E-state index in [1.165, 1.54) is 12.1 Å². The summed E-state index contributed by atoms with van der Waals surface area (Å²) < 4.78 is 42.2. The number of carbonyl (C=O) groups excluding carboxylic acids is 1. The molecule has 0 fully saturated rings. The Morgan fingerprint density at radius 3 is 2.55 bits per heavy atom. The van der Waals surface area contributed by atoms with Crippen molar-refractivity contribution in [3.8, 4) is 11.1 Å². The van der Waals surface area contributed by atoms with Gasteiger partial charge in [0, 0.05) is 17.3 Å². The third-order valence-corrected chi connectivity index (χ3v) is 5.83. The van der Waals surface area contributed by atoms with Gasteiger partial charge in [0.2, 0.25) is 0 Å². The third-order valence-electron chi connectivity index (χ3n) is 5.83. The number of hydrogen-bond donors (Lipinski definition) is 1. The maximum Gasteiger partial charge on any atom is 0.416 e. The van der Waals surface area contributed by atoms with E-state index in [0.717, 1.165) is 17.7 Å². The van der Waals surface area contributed by atoms with Crippen LogP contribution in [0.3, 0.4) is 0 Å². The summed E-state index contributed by atoms with van der Waals surface area (Å²) >= 11 is 0. The quantitative estimate of drug-likeness (QED) is 0.504. The van der Waals surface area contributed by atoms with Gasteiger partial charge in [0.15, 0.2) is 5.78 Å². The molecule has 5 rings (SSSR count). The van der Waals surface area contributed by atoms with E-state index >= 15 is 0 Å². The molecule has 9 heteroatoms. The minimum Gasteiger partial charge on any atom is -0.383 e. The second-order valence-electron chi connectivity index (χ2n) is 7.80. The standard InChI is InChI=1S/C22H18F3N5O/c1-12-8-16(13-2-5-15(6-3-13)22(23,24)25)21(31)20-17(9-28-30(12)20)14-4-7-19-27-10-18(26)29(19)11-14/h2-7,9-12,16H,8,26H2,1H3/t12-,16?/m0/s1. The Hall–Kier alpha value is -3.62. The van der Waals surface area contributed by atoms with Crippen molar-refractivity contribution >= 4 is 17.2 Å². The lowest BCUT2D eigenvalue weighted by molar-refractivity contribution is -0.137. The number of alkyl halides is 3. The number of aromatic nitrogens is 4. The molecule has 4 aromatic rings. The van der Waals surface area contributed by atoms with Crippen molar-refractivity contribution in [3.63, 3.8) is 0 Å². The molecule has 158 valence electrons. The van der Waals surface area contributed by atoms with Crippen molar-refractivity contribution in [3.05, 3.63) is 71.8 Å². The number of hydrogen-bond acceptors (Lipinski definition) is 4. The summed E-state index contributed by atoms with van der Waals surface area (Å²) in [5, 5.41) is 4.42. The van der Waals surface area contributed by atoms with Gasteiger partial charge in [-0.1, -0.05) is 12.1 Å². The highest BCUT2D eigenvalue weighted by Crippen LogP contribution is 2.40. The van der Waals surface area contributed by atoms with E-state index in [4.69, 9.17) is 5.73 Å². The number of benzene rings is 1. The Balaban J connectivity index is 1.57. The molecular weight excluding hydrogens is 407 g/mol. The minimum absolute atomic E-state index is 0.0872. The molecule has 6 nitrogen and oxygen atoms in total.